The van der Waals surface area contributed by atoms with Gasteiger partial charge < -0.3 is 9.32 Å². The van der Waals surface area contributed by atoms with E-state index >= 15 is 0 Å². The molecule has 4 nitrogen and oxygen atoms in total. The number of nitrogens with zero attached hydrogens (tertiary/aromatic N) is 2. The summed E-state index contributed by atoms with van der Waals surface area (Å²) in [4.78, 5) is 18.7. The SMILES string of the molecule is CCN(C(=O)CCc1ccc2oc(C)nc2c1)c1ccccc1. The smallest absolute Gasteiger partial charge is 0.227 e. The Kier molecular flexibility index (Phi) is 4.42. The Bertz CT molecular complexity index is 809. The lowest BCUT2D eigenvalue weighted by Crippen LogP contribution is -2.30. The number of aromatic nitrogens is 1. The molecule has 0 N–H and O–H groups in total. The number of para-hydroxylation sites is 1. The fraction of sp³-hybridized carbons (Fsp3) is 0.263. The van der Waals surface area contributed by atoms with Crippen molar-refractivity contribution in [3.05, 3.63) is 60.0 Å². The summed E-state index contributed by atoms with van der Waals surface area (Å²) < 4.78 is 5.48. The molecule has 1 amide bonds. The van der Waals surface area contributed by atoms with Crippen LogP contribution in [0.25, 0.3) is 11.1 Å². The van der Waals surface area contributed by atoms with Crippen molar-refractivity contribution in [3.63, 3.8) is 0 Å². The van der Waals surface area contributed by atoms with Crippen LogP contribution in [-0.4, -0.2) is 17.4 Å². The lowest BCUT2D eigenvalue weighted by molar-refractivity contribution is -0.118. The van der Waals surface area contributed by atoms with Crippen LogP contribution in [0.15, 0.2) is 52.9 Å². The molecule has 0 aliphatic heterocycles. The predicted molar refractivity (Wildman–Crippen MR) is 91.5 cm³/mol. The van der Waals surface area contributed by atoms with Gasteiger partial charge >= 0.3 is 0 Å². The Morgan fingerprint density at radius 3 is 2.70 bits per heavy atom. The first-order chi connectivity index (χ1) is 11.2. The Labute approximate surface area is 135 Å². The van der Waals surface area contributed by atoms with E-state index in [4.69, 9.17) is 4.42 Å². The summed E-state index contributed by atoms with van der Waals surface area (Å²) in [7, 11) is 0. The number of benzene rings is 2. The van der Waals surface area contributed by atoms with Gasteiger partial charge in [-0.3, -0.25) is 4.79 Å². The van der Waals surface area contributed by atoms with Crippen LogP contribution in [0.2, 0.25) is 0 Å². The molecule has 0 aliphatic rings. The average Bonchev–Trinajstić information content (AvgIpc) is 2.94. The lowest BCUT2D eigenvalue weighted by Gasteiger charge is -2.21. The molecular weight excluding hydrogens is 288 g/mol. The number of hydrogen-bond donors (Lipinski definition) is 0. The highest BCUT2D eigenvalue weighted by Crippen LogP contribution is 2.19. The van der Waals surface area contributed by atoms with Gasteiger partial charge in [-0.2, -0.15) is 0 Å². The van der Waals surface area contributed by atoms with E-state index in [-0.39, 0.29) is 5.91 Å². The van der Waals surface area contributed by atoms with E-state index in [1.807, 2.05) is 67.3 Å². The molecule has 3 aromatic rings. The first kappa shape index (κ1) is 15.3. The molecule has 0 atom stereocenters. The Balaban J connectivity index is 1.69. The Hall–Kier alpha value is -2.62. The number of fused-ring (bicyclic) bond motifs is 1. The molecule has 4 heteroatoms. The number of rotatable bonds is 5. The van der Waals surface area contributed by atoms with Crippen LogP contribution >= 0.6 is 0 Å². The molecule has 0 bridgehead atoms. The molecular formula is C19H20N2O2. The zero-order valence-electron chi connectivity index (χ0n) is 13.5. The summed E-state index contributed by atoms with van der Waals surface area (Å²) >= 11 is 0. The number of oxazole rings is 1. The van der Waals surface area contributed by atoms with Crippen LogP contribution < -0.4 is 4.90 Å². The van der Waals surface area contributed by atoms with Gasteiger partial charge in [-0.05, 0) is 43.2 Å². The van der Waals surface area contributed by atoms with Gasteiger partial charge in [0, 0.05) is 25.6 Å². The van der Waals surface area contributed by atoms with Crippen molar-refractivity contribution in [2.45, 2.75) is 26.7 Å². The maximum Gasteiger partial charge on any atom is 0.227 e. The molecule has 0 spiro atoms. The molecule has 1 aromatic heterocycles. The summed E-state index contributed by atoms with van der Waals surface area (Å²) in [6.07, 6.45) is 1.18. The highest BCUT2D eigenvalue weighted by Gasteiger charge is 2.13. The fourth-order valence-corrected chi connectivity index (χ4v) is 2.74. The largest absolute Gasteiger partial charge is 0.441 e. The summed E-state index contributed by atoms with van der Waals surface area (Å²) in [6, 6.07) is 15.7. The van der Waals surface area contributed by atoms with Crippen LogP contribution in [0.3, 0.4) is 0 Å². The highest BCUT2D eigenvalue weighted by atomic mass is 16.3. The second kappa shape index (κ2) is 6.65. The highest BCUT2D eigenvalue weighted by molar-refractivity contribution is 5.93. The van der Waals surface area contributed by atoms with Gasteiger partial charge in [0.25, 0.3) is 0 Å². The number of hydrogen-bond acceptors (Lipinski definition) is 3. The van der Waals surface area contributed by atoms with Crippen LogP contribution in [0.1, 0.15) is 24.8 Å². The molecule has 118 valence electrons. The van der Waals surface area contributed by atoms with Gasteiger partial charge in [0.15, 0.2) is 11.5 Å². The maximum absolute atomic E-state index is 12.5. The van der Waals surface area contributed by atoms with E-state index in [0.29, 0.717) is 25.3 Å². The van der Waals surface area contributed by atoms with Crippen LogP contribution in [-0.2, 0) is 11.2 Å². The van der Waals surface area contributed by atoms with Crippen LogP contribution in [0.5, 0.6) is 0 Å². The summed E-state index contributed by atoms with van der Waals surface area (Å²) in [5, 5.41) is 0. The van der Waals surface area contributed by atoms with Crippen molar-refractivity contribution in [1.29, 1.82) is 0 Å². The minimum absolute atomic E-state index is 0.134. The zero-order chi connectivity index (χ0) is 16.2. The van der Waals surface area contributed by atoms with Crippen LogP contribution in [0.4, 0.5) is 5.69 Å². The van der Waals surface area contributed by atoms with E-state index in [9.17, 15) is 4.79 Å². The first-order valence-electron chi connectivity index (χ1n) is 7.89. The van der Waals surface area contributed by atoms with E-state index in [1.54, 1.807) is 0 Å². The standard InChI is InChI=1S/C19H20N2O2/c1-3-21(16-7-5-4-6-8-16)19(22)12-10-15-9-11-18-17(13-15)20-14(2)23-18/h4-9,11,13H,3,10,12H2,1-2H3. The quantitative estimate of drug-likeness (QED) is 0.712. The van der Waals surface area contributed by atoms with Crippen molar-refractivity contribution < 1.29 is 9.21 Å². The predicted octanol–water partition coefficient (Wildman–Crippen LogP) is 4.12. The minimum atomic E-state index is 0.134. The second-order valence-electron chi connectivity index (χ2n) is 5.51. The number of aryl methyl sites for hydroxylation is 2. The average molecular weight is 308 g/mol. The lowest BCUT2D eigenvalue weighted by atomic mass is 10.1. The van der Waals surface area contributed by atoms with Gasteiger partial charge in [0.1, 0.15) is 5.52 Å². The van der Waals surface area contributed by atoms with Gasteiger partial charge in [-0.25, -0.2) is 4.98 Å². The molecule has 3 rings (SSSR count). The van der Waals surface area contributed by atoms with Gasteiger partial charge in [-0.15, -0.1) is 0 Å². The first-order valence-corrected chi connectivity index (χ1v) is 7.89. The topological polar surface area (TPSA) is 46.3 Å². The zero-order valence-corrected chi connectivity index (χ0v) is 13.5. The fourth-order valence-electron chi connectivity index (χ4n) is 2.74. The number of amides is 1. The van der Waals surface area contributed by atoms with E-state index < -0.39 is 0 Å². The summed E-state index contributed by atoms with van der Waals surface area (Å²) in [5.41, 5.74) is 3.69. The third-order valence-corrected chi connectivity index (χ3v) is 3.87. The van der Waals surface area contributed by atoms with Gasteiger partial charge in [0.05, 0.1) is 0 Å². The second-order valence-corrected chi connectivity index (χ2v) is 5.51. The molecule has 0 unspecified atom stereocenters. The molecule has 1 heterocycles. The molecule has 0 saturated carbocycles. The minimum Gasteiger partial charge on any atom is -0.441 e. The third kappa shape index (κ3) is 3.42. The van der Waals surface area contributed by atoms with Gasteiger partial charge in [0.2, 0.25) is 5.91 Å². The summed E-state index contributed by atoms with van der Waals surface area (Å²) in [5.74, 6) is 0.796. The number of carbonyl (C=O) groups is 1. The Morgan fingerprint density at radius 1 is 1.17 bits per heavy atom. The van der Waals surface area contributed by atoms with Crippen molar-refractivity contribution in [3.8, 4) is 0 Å². The van der Waals surface area contributed by atoms with Gasteiger partial charge in [-0.1, -0.05) is 24.3 Å². The maximum atomic E-state index is 12.5. The molecule has 0 saturated heterocycles. The van der Waals surface area contributed by atoms with Crippen molar-refractivity contribution in [2.75, 3.05) is 11.4 Å². The van der Waals surface area contributed by atoms with E-state index in [1.165, 1.54) is 0 Å². The van der Waals surface area contributed by atoms with E-state index in [2.05, 4.69) is 4.98 Å². The molecule has 2 aromatic carbocycles. The summed E-state index contributed by atoms with van der Waals surface area (Å²) in [6.45, 7) is 4.50. The van der Waals surface area contributed by atoms with E-state index in [0.717, 1.165) is 22.4 Å². The monoisotopic (exact) mass is 308 g/mol. The van der Waals surface area contributed by atoms with Crippen molar-refractivity contribution >= 4 is 22.7 Å². The normalized spacial score (nSPS) is 10.9. The molecule has 0 radical (unpaired) electrons. The van der Waals surface area contributed by atoms with Crippen molar-refractivity contribution in [2.24, 2.45) is 0 Å². The molecule has 0 aliphatic carbocycles. The molecule has 0 fully saturated rings. The van der Waals surface area contributed by atoms with Crippen LogP contribution in [0, 0.1) is 6.92 Å². The molecule has 23 heavy (non-hydrogen) atoms. The van der Waals surface area contributed by atoms with Crippen molar-refractivity contribution in [1.82, 2.24) is 4.98 Å². The number of carbonyl (C=O) groups excluding carboxylic acids is 1. The number of anilines is 1. The Morgan fingerprint density at radius 2 is 1.96 bits per heavy atom. The third-order valence-electron chi connectivity index (χ3n) is 3.87.